The highest BCUT2D eigenvalue weighted by molar-refractivity contribution is 6.39. The molecular weight excluding hydrogens is 403 g/mol. The van der Waals surface area contributed by atoms with Crippen LogP contribution in [-0.2, 0) is 9.59 Å². The van der Waals surface area contributed by atoms with Crippen LogP contribution in [0.25, 0.3) is 6.08 Å². The Bertz CT molecular complexity index is 1040. The zero-order valence-corrected chi connectivity index (χ0v) is 15.8. The van der Waals surface area contributed by atoms with Crippen LogP contribution < -0.4 is 15.0 Å². The van der Waals surface area contributed by atoms with Gasteiger partial charge in [-0.2, -0.15) is 0 Å². The molecule has 0 aliphatic carbocycles. The Labute approximate surface area is 170 Å². The van der Waals surface area contributed by atoms with Gasteiger partial charge in [0.1, 0.15) is 17.9 Å². The van der Waals surface area contributed by atoms with E-state index in [1.807, 2.05) is 0 Å². The van der Waals surface area contributed by atoms with Crippen LogP contribution in [-0.4, -0.2) is 24.5 Å². The number of urea groups is 1. The molecule has 1 N–H and O–H groups in total. The van der Waals surface area contributed by atoms with Gasteiger partial charge in [-0.15, -0.1) is 6.42 Å². The largest absolute Gasteiger partial charge is 0.479 e. The predicted molar refractivity (Wildman–Crippen MR) is 106 cm³/mol. The summed E-state index contributed by atoms with van der Waals surface area (Å²) in [4.78, 5) is 38.0. The molecule has 0 aromatic heterocycles. The van der Waals surface area contributed by atoms with Gasteiger partial charge in [-0.05, 0) is 48.0 Å². The fraction of sp³-hybridized carbons (Fsp3) is 0.0500. The first-order chi connectivity index (χ1) is 13.4. The number of imide groups is 2. The minimum absolute atomic E-state index is 0.0548. The number of benzene rings is 2. The van der Waals surface area contributed by atoms with Crippen molar-refractivity contribution in [1.82, 2.24) is 5.32 Å². The quantitative estimate of drug-likeness (QED) is 0.470. The Hall–Kier alpha value is -3.27. The molecular formula is C20H12Cl2N2O4. The number of rotatable bonds is 4. The maximum absolute atomic E-state index is 12.8. The minimum atomic E-state index is -0.842. The number of hydrogen-bond acceptors (Lipinski definition) is 4. The van der Waals surface area contributed by atoms with Crippen molar-refractivity contribution in [2.45, 2.75) is 0 Å². The highest BCUT2D eigenvalue weighted by Gasteiger charge is 2.36. The Morgan fingerprint density at radius 2 is 1.82 bits per heavy atom. The highest BCUT2D eigenvalue weighted by Crippen LogP contribution is 2.28. The third kappa shape index (κ3) is 4.01. The summed E-state index contributed by atoms with van der Waals surface area (Å²) in [5.41, 5.74) is 0.534. The topological polar surface area (TPSA) is 75.7 Å². The number of ether oxygens (including phenoxy) is 1. The lowest BCUT2D eigenvalue weighted by Gasteiger charge is -2.26. The molecule has 1 aliphatic heterocycles. The van der Waals surface area contributed by atoms with Crippen molar-refractivity contribution in [2.75, 3.05) is 11.5 Å². The number of nitrogens with one attached hydrogen (secondary N) is 1. The predicted octanol–water partition coefficient (Wildman–Crippen LogP) is 3.67. The molecule has 0 saturated carbocycles. The molecule has 1 saturated heterocycles. The number of carbonyl (C=O) groups excluding carboxylic acids is 3. The molecule has 4 amide bonds. The average molecular weight is 415 g/mol. The van der Waals surface area contributed by atoms with E-state index in [-0.39, 0.29) is 22.9 Å². The van der Waals surface area contributed by atoms with E-state index < -0.39 is 17.8 Å². The average Bonchev–Trinajstić information content (AvgIpc) is 2.66. The van der Waals surface area contributed by atoms with E-state index in [0.717, 1.165) is 4.90 Å². The van der Waals surface area contributed by atoms with Gasteiger partial charge in [0.25, 0.3) is 11.8 Å². The lowest BCUT2D eigenvalue weighted by molar-refractivity contribution is -0.122. The highest BCUT2D eigenvalue weighted by atomic mass is 35.5. The number of amides is 4. The van der Waals surface area contributed by atoms with Gasteiger partial charge in [0.05, 0.1) is 10.7 Å². The Morgan fingerprint density at radius 3 is 2.46 bits per heavy atom. The number of carbonyl (C=O) groups is 3. The van der Waals surface area contributed by atoms with Gasteiger partial charge in [-0.25, -0.2) is 9.69 Å². The maximum atomic E-state index is 12.8. The van der Waals surface area contributed by atoms with Gasteiger partial charge in [-0.3, -0.25) is 14.9 Å². The molecule has 1 aliphatic rings. The molecule has 28 heavy (non-hydrogen) atoms. The molecule has 0 unspecified atom stereocenters. The van der Waals surface area contributed by atoms with Crippen LogP contribution in [0.5, 0.6) is 5.75 Å². The Kier molecular flexibility index (Phi) is 5.69. The number of halogens is 2. The van der Waals surface area contributed by atoms with Gasteiger partial charge >= 0.3 is 6.03 Å². The van der Waals surface area contributed by atoms with Crippen molar-refractivity contribution in [3.05, 3.63) is 63.6 Å². The Balaban J connectivity index is 1.94. The lowest BCUT2D eigenvalue weighted by atomic mass is 10.1. The molecule has 2 aromatic rings. The van der Waals surface area contributed by atoms with Crippen molar-refractivity contribution >= 4 is 52.8 Å². The van der Waals surface area contributed by atoms with Gasteiger partial charge < -0.3 is 4.74 Å². The lowest BCUT2D eigenvalue weighted by Crippen LogP contribution is -2.54. The van der Waals surface area contributed by atoms with E-state index >= 15 is 0 Å². The van der Waals surface area contributed by atoms with Crippen molar-refractivity contribution in [1.29, 1.82) is 0 Å². The molecule has 140 valence electrons. The summed E-state index contributed by atoms with van der Waals surface area (Å²) < 4.78 is 5.27. The monoisotopic (exact) mass is 414 g/mol. The number of nitrogens with zero attached hydrogens (tertiary/aromatic N) is 1. The number of terminal acetylenes is 1. The first kappa shape index (κ1) is 19.5. The Morgan fingerprint density at radius 1 is 1.11 bits per heavy atom. The molecule has 2 aromatic carbocycles. The molecule has 0 atom stereocenters. The normalized spacial score (nSPS) is 15.4. The second kappa shape index (κ2) is 8.17. The molecule has 1 fully saturated rings. The van der Waals surface area contributed by atoms with E-state index in [4.69, 9.17) is 34.4 Å². The molecule has 3 rings (SSSR count). The fourth-order valence-corrected chi connectivity index (χ4v) is 2.86. The first-order valence-electron chi connectivity index (χ1n) is 7.93. The van der Waals surface area contributed by atoms with Crippen molar-refractivity contribution in [3.8, 4) is 18.1 Å². The molecule has 6 nitrogen and oxygen atoms in total. The first-order valence-corrected chi connectivity index (χ1v) is 8.69. The summed E-state index contributed by atoms with van der Waals surface area (Å²) >= 11 is 12.0. The van der Waals surface area contributed by atoms with Crippen LogP contribution in [0.4, 0.5) is 10.5 Å². The fourth-order valence-electron chi connectivity index (χ4n) is 2.49. The van der Waals surface area contributed by atoms with Crippen molar-refractivity contribution in [3.63, 3.8) is 0 Å². The van der Waals surface area contributed by atoms with E-state index in [1.165, 1.54) is 36.4 Å². The summed E-state index contributed by atoms with van der Waals surface area (Å²) in [6.45, 7) is 0.0548. The van der Waals surface area contributed by atoms with Crippen molar-refractivity contribution < 1.29 is 19.1 Å². The van der Waals surface area contributed by atoms with E-state index in [0.29, 0.717) is 16.3 Å². The van der Waals surface area contributed by atoms with Gasteiger partial charge in [0, 0.05) is 5.02 Å². The summed E-state index contributed by atoms with van der Waals surface area (Å²) in [5.74, 6) is 1.14. The third-order valence-corrected chi connectivity index (χ3v) is 4.31. The summed E-state index contributed by atoms with van der Waals surface area (Å²) in [7, 11) is 0. The standard InChI is InChI=1S/C20H12Cl2N2O4/c1-2-9-28-17-8-3-12(11-16(17)22)10-15-18(25)23-20(27)24(19(15)26)14-6-4-13(21)5-7-14/h1,3-8,10-11H,9H2,(H,23,25,27)/b15-10+. The van der Waals surface area contributed by atoms with Gasteiger partial charge in [0.2, 0.25) is 0 Å². The van der Waals surface area contributed by atoms with Crippen molar-refractivity contribution in [2.24, 2.45) is 0 Å². The number of barbiturate groups is 1. The van der Waals surface area contributed by atoms with Crippen LogP contribution in [0.1, 0.15) is 5.56 Å². The number of hydrogen-bond donors (Lipinski definition) is 1. The SMILES string of the molecule is C#CCOc1ccc(/C=C2\C(=O)NC(=O)N(c3ccc(Cl)cc3)C2=O)cc1Cl. The summed E-state index contributed by atoms with van der Waals surface area (Å²) in [5, 5.41) is 2.85. The summed E-state index contributed by atoms with van der Waals surface area (Å²) in [6.07, 6.45) is 6.48. The summed E-state index contributed by atoms with van der Waals surface area (Å²) in [6, 6.07) is 9.92. The molecule has 1 heterocycles. The second-order valence-corrected chi connectivity index (χ2v) is 6.46. The zero-order valence-electron chi connectivity index (χ0n) is 14.2. The van der Waals surface area contributed by atoms with E-state index in [2.05, 4.69) is 11.2 Å². The van der Waals surface area contributed by atoms with Gasteiger partial charge in [0.15, 0.2) is 0 Å². The number of anilines is 1. The maximum Gasteiger partial charge on any atom is 0.335 e. The molecule has 0 bridgehead atoms. The second-order valence-electron chi connectivity index (χ2n) is 5.62. The van der Waals surface area contributed by atoms with E-state index in [1.54, 1.807) is 12.1 Å². The molecule has 0 radical (unpaired) electrons. The van der Waals surface area contributed by atoms with Crippen LogP contribution >= 0.6 is 23.2 Å². The van der Waals surface area contributed by atoms with Crippen LogP contribution in [0.15, 0.2) is 48.0 Å². The van der Waals surface area contributed by atoms with Crippen LogP contribution in [0.2, 0.25) is 10.0 Å². The molecule has 0 spiro atoms. The third-order valence-electron chi connectivity index (χ3n) is 3.76. The zero-order chi connectivity index (χ0) is 20.3. The van der Waals surface area contributed by atoms with Gasteiger partial charge in [-0.1, -0.05) is 35.2 Å². The smallest absolute Gasteiger partial charge is 0.335 e. The van der Waals surface area contributed by atoms with Crippen LogP contribution in [0.3, 0.4) is 0 Å². The van der Waals surface area contributed by atoms with E-state index in [9.17, 15) is 14.4 Å². The minimum Gasteiger partial charge on any atom is -0.479 e. The van der Waals surface area contributed by atoms with Crippen LogP contribution in [0, 0.1) is 12.3 Å². The molecule has 8 heteroatoms.